The molecule has 0 bridgehead atoms. The van der Waals surface area contributed by atoms with Crippen LogP contribution in [0.3, 0.4) is 0 Å². The average molecular weight is 261 g/mol. The molecule has 1 fully saturated rings. The highest BCUT2D eigenvalue weighted by atomic mass is 79.9. The van der Waals surface area contributed by atoms with Gasteiger partial charge in [-0.25, -0.2) is 4.98 Å². The number of nitrogens with zero attached hydrogens (tertiary/aromatic N) is 1. The second-order valence-corrected chi connectivity index (χ2v) is 5.87. The van der Waals surface area contributed by atoms with E-state index >= 15 is 0 Å². The van der Waals surface area contributed by atoms with Crippen LogP contribution in [0.25, 0.3) is 0 Å². The minimum Gasteiger partial charge on any atom is -0.358 e. The fourth-order valence-electron chi connectivity index (χ4n) is 1.60. The molecular weight excluding hydrogens is 248 g/mol. The molecule has 1 aliphatic rings. The quantitative estimate of drug-likeness (QED) is 0.881. The zero-order chi connectivity index (χ0) is 9.47. The van der Waals surface area contributed by atoms with Gasteiger partial charge in [-0.15, -0.1) is 11.3 Å². The number of hydrogen-bond donors (Lipinski definition) is 1. The Kier molecular flexibility index (Phi) is 2.36. The van der Waals surface area contributed by atoms with Gasteiger partial charge >= 0.3 is 0 Å². The Morgan fingerprint density at radius 2 is 2.46 bits per heavy atom. The summed E-state index contributed by atoms with van der Waals surface area (Å²) < 4.78 is 0.928. The molecule has 4 heteroatoms. The van der Waals surface area contributed by atoms with E-state index in [1.54, 1.807) is 11.3 Å². The minimum atomic E-state index is 0.443. The van der Waals surface area contributed by atoms with E-state index in [2.05, 4.69) is 40.1 Å². The SMILES string of the molecule is CC1(C)CCC1Nc1nc(Br)cs1. The predicted octanol–water partition coefficient (Wildman–Crippen LogP) is 3.51. The first-order valence-electron chi connectivity index (χ1n) is 4.45. The molecule has 2 nitrogen and oxygen atoms in total. The van der Waals surface area contributed by atoms with Crippen molar-refractivity contribution < 1.29 is 0 Å². The van der Waals surface area contributed by atoms with Crippen LogP contribution in [0.1, 0.15) is 26.7 Å². The van der Waals surface area contributed by atoms with E-state index in [-0.39, 0.29) is 0 Å². The zero-order valence-electron chi connectivity index (χ0n) is 7.80. The largest absolute Gasteiger partial charge is 0.358 e. The summed E-state index contributed by atoms with van der Waals surface area (Å²) in [7, 11) is 0. The van der Waals surface area contributed by atoms with Gasteiger partial charge in [-0.05, 0) is 34.2 Å². The lowest BCUT2D eigenvalue weighted by Crippen LogP contribution is -2.45. The molecule has 1 unspecified atom stereocenters. The summed E-state index contributed by atoms with van der Waals surface area (Å²) in [4.78, 5) is 4.32. The first kappa shape index (κ1) is 9.46. The van der Waals surface area contributed by atoms with Crippen molar-refractivity contribution in [3.8, 4) is 0 Å². The Labute approximate surface area is 90.9 Å². The molecule has 72 valence electrons. The highest BCUT2D eigenvalue weighted by Gasteiger charge is 2.38. The lowest BCUT2D eigenvalue weighted by Gasteiger charge is -2.44. The summed E-state index contributed by atoms with van der Waals surface area (Å²) in [5.74, 6) is 0. The first-order valence-corrected chi connectivity index (χ1v) is 6.13. The van der Waals surface area contributed by atoms with Gasteiger partial charge in [0, 0.05) is 11.4 Å². The highest BCUT2D eigenvalue weighted by molar-refractivity contribution is 9.10. The van der Waals surface area contributed by atoms with Crippen LogP contribution in [0.5, 0.6) is 0 Å². The molecule has 0 saturated heterocycles. The van der Waals surface area contributed by atoms with Crippen molar-refractivity contribution in [2.75, 3.05) is 5.32 Å². The normalized spacial score (nSPS) is 25.3. The number of thiazole rings is 1. The van der Waals surface area contributed by atoms with Gasteiger partial charge in [-0.2, -0.15) is 0 Å². The van der Waals surface area contributed by atoms with Crippen LogP contribution in [0, 0.1) is 5.41 Å². The van der Waals surface area contributed by atoms with Gasteiger partial charge in [-0.1, -0.05) is 13.8 Å². The maximum absolute atomic E-state index is 4.32. The molecule has 1 atom stereocenters. The summed E-state index contributed by atoms with van der Waals surface area (Å²) in [6, 6.07) is 0.602. The van der Waals surface area contributed by atoms with Crippen molar-refractivity contribution in [2.24, 2.45) is 5.41 Å². The lowest BCUT2D eigenvalue weighted by molar-refractivity contribution is 0.160. The molecule has 1 aliphatic carbocycles. The molecule has 1 aromatic heterocycles. The summed E-state index contributed by atoms with van der Waals surface area (Å²) >= 11 is 5.01. The molecule has 0 aliphatic heterocycles. The number of halogens is 1. The molecule has 1 N–H and O–H groups in total. The van der Waals surface area contributed by atoms with Gasteiger partial charge in [0.1, 0.15) is 4.60 Å². The van der Waals surface area contributed by atoms with Gasteiger partial charge in [0.15, 0.2) is 5.13 Å². The Balaban J connectivity index is 1.99. The zero-order valence-corrected chi connectivity index (χ0v) is 10.2. The topological polar surface area (TPSA) is 24.9 Å². The molecule has 1 heterocycles. The van der Waals surface area contributed by atoms with Gasteiger partial charge in [0.2, 0.25) is 0 Å². The van der Waals surface area contributed by atoms with Gasteiger partial charge in [0.25, 0.3) is 0 Å². The summed E-state index contributed by atoms with van der Waals surface area (Å²) in [6.45, 7) is 4.60. The van der Waals surface area contributed by atoms with E-state index < -0.39 is 0 Å². The third-order valence-electron chi connectivity index (χ3n) is 2.79. The summed E-state index contributed by atoms with van der Waals surface area (Å²) in [5.41, 5.74) is 0.443. The predicted molar refractivity (Wildman–Crippen MR) is 60.2 cm³/mol. The number of nitrogens with one attached hydrogen (secondary N) is 1. The summed E-state index contributed by atoms with van der Waals surface area (Å²) in [5, 5.41) is 6.51. The number of aromatic nitrogens is 1. The Morgan fingerprint density at radius 1 is 1.69 bits per heavy atom. The molecule has 0 aromatic carbocycles. The minimum absolute atomic E-state index is 0.443. The van der Waals surface area contributed by atoms with Gasteiger partial charge in [0.05, 0.1) is 0 Å². The fourth-order valence-corrected chi connectivity index (χ4v) is 2.80. The summed E-state index contributed by atoms with van der Waals surface area (Å²) in [6.07, 6.45) is 2.58. The van der Waals surface area contributed by atoms with Crippen molar-refractivity contribution in [2.45, 2.75) is 32.7 Å². The second kappa shape index (κ2) is 3.24. The highest BCUT2D eigenvalue weighted by Crippen LogP contribution is 2.42. The fraction of sp³-hybridized carbons (Fsp3) is 0.667. The van der Waals surface area contributed by atoms with E-state index in [4.69, 9.17) is 0 Å². The Morgan fingerprint density at radius 3 is 2.85 bits per heavy atom. The number of rotatable bonds is 2. The maximum atomic E-state index is 4.32. The molecule has 0 radical (unpaired) electrons. The van der Waals surface area contributed by atoms with Crippen LogP contribution < -0.4 is 5.32 Å². The van der Waals surface area contributed by atoms with Crippen molar-refractivity contribution in [1.29, 1.82) is 0 Å². The molecular formula is C9H13BrN2S. The van der Waals surface area contributed by atoms with Crippen LogP contribution in [0.2, 0.25) is 0 Å². The molecule has 0 spiro atoms. The standard InChI is InChI=1S/C9H13BrN2S/c1-9(2)4-3-6(9)11-8-12-7(10)5-13-8/h5-6H,3-4H2,1-2H3,(H,11,12). The van der Waals surface area contributed by atoms with Crippen LogP contribution >= 0.6 is 27.3 Å². The Hall–Kier alpha value is -0.0900. The molecule has 2 rings (SSSR count). The van der Waals surface area contributed by atoms with Crippen molar-refractivity contribution in [3.63, 3.8) is 0 Å². The van der Waals surface area contributed by atoms with E-state index in [1.165, 1.54) is 12.8 Å². The molecule has 1 aromatic rings. The smallest absolute Gasteiger partial charge is 0.183 e. The Bertz CT molecular complexity index is 308. The number of hydrogen-bond acceptors (Lipinski definition) is 3. The molecule has 1 saturated carbocycles. The average Bonchev–Trinajstić information content (AvgIpc) is 2.46. The maximum Gasteiger partial charge on any atom is 0.183 e. The first-order chi connectivity index (χ1) is 6.08. The monoisotopic (exact) mass is 260 g/mol. The lowest BCUT2D eigenvalue weighted by atomic mass is 9.67. The van der Waals surface area contributed by atoms with Crippen molar-refractivity contribution in [3.05, 3.63) is 9.98 Å². The van der Waals surface area contributed by atoms with E-state index in [1.807, 2.05) is 5.38 Å². The molecule has 0 amide bonds. The third kappa shape index (κ3) is 1.89. The van der Waals surface area contributed by atoms with Gasteiger partial charge in [-0.3, -0.25) is 0 Å². The van der Waals surface area contributed by atoms with Crippen LogP contribution in [0.15, 0.2) is 9.98 Å². The van der Waals surface area contributed by atoms with Crippen molar-refractivity contribution in [1.82, 2.24) is 4.98 Å². The third-order valence-corrected chi connectivity index (χ3v) is 4.28. The molecule has 13 heavy (non-hydrogen) atoms. The van der Waals surface area contributed by atoms with E-state index in [9.17, 15) is 0 Å². The van der Waals surface area contributed by atoms with Gasteiger partial charge < -0.3 is 5.32 Å². The van der Waals surface area contributed by atoms with Crippen LogP contribution in [-0.4, -0.2) is 11.0 Å². The number of anilines is 1. The van der Waals surface area contributed by atoms with Crippen LogP contribution in [0.4, 0.5) is 5.13 Å². The second-order valence-electron chi connectivity index (χ2n) is 4.20. The van der Waals surface area contributed by atoms with Crippen LogP contribution in [-0.2, 0) is 0 Å². The van der Waals surface area contributed by atoms with E-state index in [0.717, 1.165) is 9.73 Å². The van der Waals surface area contributed by atoms with E-state index in [0.29, 0.717) is 11.5 Å². The van der Waals surface area contributed by atoms with Crippen molar-refractivity contribution >= 4 is 32.4 Å².